The molecule has 2 N–H and O–H groups in total. The molecule has 0 unspecified atom stereocenters. The fraction of sp³-hybridized carbons (Fsp3) is 0.136. The van der Waals surface area contributed by atoms with E-state index in [1.165, 1.54) is 11.1 Å². The summed E-state index contributed by atoms with van der Waals surface area (Å²) in [6, 6.07) is 22.4. The largest absolute Gasteiger partial charge is 0.478 e. The summed E-state index contributed by atoms with van der Waals surface area (Å²) in [5, 5.41) is 8.99. The van der Waals surface area contributed by atoms with Crippen molar-refractivity contribution in [1.29, 1.82) is 0 Å². The van der Waals surface area contributed by atoms with E-state index in [2.05, 4.69) is 29.0 Å². The standard InChI is InChI=1S/C16H17NO4S.C6H4/c1-22(20,21)17-15-8-3-2-6-13(15)10-9-12-5-4-7-14(11-12)16(18)19;1-2-6-4-3-5(1)6/h2-8,11,17H,9-10H2,1H3,(H,18,19);1-4H. The van der Waals surface area contributed by atoms with Crippen molar-refractivity contribution >= 4 is 21.7 Å². The number of aryl methyl sites for hydroxylation is 2. The van der Waals surface area contributed by atoms with Crippen LogP contribution >= 0.6 is 0 Å². The first-order chi connectivity index (χ1) is 13.3. The van der Waals surface area contributed by atoms with E-state index in [9.17, 15) is 13.2 Å². The SMILES string of the molecule is CS(=O)(=O)Nc1ccccc1CCc1cccc(C(=O)O)c1.c1cc2ccc1-2. The van der Waals surface area contributed by atoms with Gasteiger partial charge in [0.1, 0.15) is 0 Å². The van der Waals surface area contributed by atoms with Crippen LogP contribution in [-0.4, -0.2) is 25.7 Å². The zero-order valence-corrected chi connectivity index (χ0v) is 16.2. The first-order valence-electron chi connectivity index (χ1n) is 8.80. The molecule has 6 heteroatoms. The number of aromatic carboxylic acids is 1. The molecule has 0 spiro atoms. The maximum Gasteiger partial charge on any atom is 0.335 e. The number of carboxylic acids is 1. The molecule has 0 aromatic heterocycles. The minimum atomic E-state index is -3.33. The van der Waals surface area contributed by atoms with Gasteiger partial charge in [-0.2, -0.15) is 0 Å². The topological polar surface area (TPSA) is 83.5 Å². The van der Waals surface area contributed by atoms with Gasteiger partial charge < -0.3 is 5.11 Å². The van der Waals surface area contributed by atoms with Gasteiger partial charge in [-0.15, -0.1) is 0 Å². The number of nitrogens with one attached hydrogen (secondary N) is 1. The lowest BCUT2D eigenvalue weighted by Gasteiger charge is -2.10. The van der Waals surface area contributed by atoms with Gasteiger partial charge in [-0.1, -0.05) is 54.6 Å². The van der Waals surface area contributed by atoms with Gasteiger partial charge >= 0.3 is 5.97 Å². The van der Waals surface area contributed by atoms with Crippen LogP contribution in [0.15, 0.2) is 72.8 Å². The van der Waals surface area contributed by atoms with Crippen molar-refractivity contribution in [1.82, 2.24) is 0 Å². The van der Waals surface area contributed by atoms with E-state index >= 15 is 0 Å². The van der Waals surface area contributed by atoms with E-state index < -0.39 is 16.0 Å². The summed E-state index contributed by atoms with van der Waals surface area (Å²) in [6.07, 6.45) is 2.35. The van der Waals surface area contributed by atoms with Crippen LogP contribution in [0.25, 0.3) is 11.1 Å². The molecule has 2 aliphatic carbocycles. The van der Waals surface area contributed by atoms with Gasteiger partial charge in [-0.3, -0.25) is 4.72 Å². The minimum absolute atomic E-state index is 0.250. The van der Waals surface area contributed by atoms with E-state index in [0.717, 1.165) is 17.4 Å². The molecule has 2 aliphatic rings. The maximum absolute atomic E-state index is 11.4. The molecule has 144 valence electrons. The molecule has 4 rings (SSSR count). The number of benzene rings is 3. The molecule has 2 aromatic rings. The lowest BCUT2D eigenvalue weighted by molar-refractivity contribution is 0.0696. The van der Waals surface area contributed by atoms with Crippen molar-refractivity contribution in [3.8, 4) is 11.1 Å². The highest BCUT2D eigenvalue weighted by molar-refractivity contribution is 7.92. The number of anilines is 1. The Balaban J connectivity index is 0.000000311. The molecule has 0 fully saturated rings. The van der Waals surface area contributed by atoms with E-state index in [-0.39, 0.29) is 5.56 Å². The number of carboxylic acid groups (broad SMARTS) is 1. The zero-order valence-electron chi connectivity index (χ0n) is 15.4. The average molecular weight is 395 g/mol. The molecule has 0 heterocycles. The Hall–Kier alpha value is -3.12. The summed E-state index contributed by atoms with van der Waals surface area (Å²) < 4.78 is 25.2. The first-order valence-corrected chi connectivity index (χ1v) is 10.7. The van der Waals surface area contributed by atoms with Gasteiger partial charge in [0.25, 0.3) is 0 Å². The summed E-state index contributed by atoms with van der Waals surface area (Å²) in [4.78, 5) is 11.0. The molecule has 0 saturated carbocycles. The maximum atomic E-state index is 11.4. The lowest BCUT2D eigenvalue weighted by atomic mass is 9.95. The molecule has 0 bridgehead atoms. The molecule has 0 aliphatic heterocycles. The van der Waals surface area contributed by atoms with Crippen molar-refractivity contribution < 1.29 is 18.3 Å². The number of sulfonamides is 1. The second kappa shape index (κ2) is 8.27. The zero-order chi connectivity index (χ0) is 20.1. The Bertz CT molecular complexity index is 1070. The molecule has 2 aromatic carbocycles. The van der Waals surface area contributed by atoms with Gasteiger partial charge in [0, 0.05) is 0 Å². The van der Waals surface area contributed by atoms with Crippen LogP contribution in [0.5, 0.6) is 0 Å². The smallest absolute Gasteiger partial charge is 0.335 e. The highest BCUT2D eigenvalue weighted by Gasteiger charge is 2.08. The fourth-order valence-electron chi connectivity index (χ4n) is 2.84. The summed E-state index contributed by atoms with van der Waals surface area (Å²) in [5.74, 6) is -0.957. The summed E-state index contributed by atoms with van der Waals surface area (Å²) in [7, 11) is -3.33. The Morgan fingerprint density at radius 3 is 2.07 bits per heavy atom. The monoisotopic (exact) mass is 395 g/mol. The molecule has 0 atom stereocenters. The molecule has 0 amide bonds. The molecule has 28 heavy (non-hydrogen) atoms. The Kier molecular flexibility index (Phi) is 5.80. The van der Waals surface area contributed by atoms with E-state index in [0.29, 0.717) is 18.5 Å². The van der Waals surface area contributed by atoms with E-state index in [1.54, 1.807) is 30.3 Å². The van der Waals surface area contributed by atoms with Gasteiger partial charge in [0.15, 0.2) is 0 Å². The minimum Gasteiger partial charge on any atom is -0.478 e. The predicted molar refractivity (Wildman–Crippen MR) is 111 cm³/mol. The van der Waals surface area contributed by atoms with Crippen molar-refractivity contribution in [2.45, 2.75) is 12.8 Å². The number of rotatable bonds is 6. The second-order valence-corrected chi connectivity index (χ2v) is 8.36. The van der Waals surface area contributed by atoms with Crippen LogP contribution in [0.4, 0.5) is 5.69 Å². The highest BCUT2D eigenvalue weighted by Crippen LogP contribution is 2.29. The van der Waals surface area contributed by atoms with Crippen molar-refractivity contribution in [3.05, 3.63) is 89.5 Å². The third kappa shape index (κ3) is 5.20. The van der Waals surface area contributed by atoms with Gasteiger partial charge in [-0.25, -0.2) is 13.2 Å². The number of hydrogen-bond acceptors (Lipinski definition) is 3. The van der Waals surface area contributed by atoms with Gasteiger partial charge in [-0.05, 0) is 53.3 Å². The van der Waals surface area contributed by atoms with Gasteiger partial charge in [0.2, 0.25) is 10.0 Å². The predicted octanol–water partition coefficient (Wildman–Crippen LogP) is 4.21. The molecular weight excluding hydrogens is 374 g/mol. The Labute approximate surface area is 164 Å². The average Bonchev–Trinajstić information content (AvgIpc) is 2.63. The second-order valence-electron chi connectivity index (χ2n) is 6.61. The summed E-state index contributed by atoms with van der Waals surface area (Å²) in [6.45, 7) is 0. The van der Waals surface area contributed by atoms with E-state index in [4.69, 9.17) is 5.11 Å². The number of para-hydroxylation sites is 1. The van der Waals surface area contributed by atoms with E-state index in [1.807, 2.05) is 18.2 Å². The third-order valence-corrected chi connectivity index (χ3v) is 4.98. The molecule has 0 radical (unpaired) electrons. The Morgan fingerprint density at radius 1 is 0.893 bits per heavy atom. The van der Waals surface area contributed by atoms with Crippen molar-refractivity contribution in [3.63, 3.8) is 0 Å². The normalized spacial score (nSPS) is 11.2. The molecular formula is C22H21NO4S. The molecule has 0 saturated heterocycles. The quantitative estimate of drug-likeness (QED) is 0.512. The van der Waals surface area contributed by atoms with Crippen LogP contribution in [0.3, 0.4) is 0 Å². The number of carbonyl (C=O) groups is 1. The number of hydrogen-bond donors (Lipinski definition) is 2. The van der Waals surface area contributed by atoms with Gasteiger partial charge in [0.05, 0.1) is 17.5 Å². The third-order valence-electron chi connectivity index (χ3n) is 4.39. The summed E-state index contributed by atoms with van der Waals surface area (Å²) >= 11 is 0. The van der Waals surface area contributed by atoms with Crippen LogP contribution < -0.4 is 4.72 Å². The van der Waals surface area contributed by atoms with Crippen LogP contribution in [-0.2, 0) is 22.9 Å². The summed E-state index contributed by atoms with van der Waals surface area (Å²) in [5.41, 5.74) is 5.42. The molecule has 5 nitrogen and oxygen atoms in total. The van der Waals surface area contributed by atoms with Crippen molar-refractivity contribution in [2.24, 2.45) is 0 Å². The number of fused-ring (bicyclic) bond motifs is 1. The van der Waals surface area contributed by atoms with Crippen LogP contribution in [0.2, 0.25) is 0 Å². The first kappa shape index (κ1) is 19.6. The fourth-order valence-corrected chi connectivity index (χ4v) is 3.44. The van der Waals surface area contributed by atoms with Crippen LogP contribution in [0.1, 0.15) is 21.5 Å². The van der Waals surface area contributed by atoms with Crippen LogP contribution in [0, 0.1) is 0 Å². The highest BCUT2D eigenvalue weighted by atomic mass is 32.2. The van der Waals surface area contributed by atoms with Crippen molar-refractivity contribution in [2.75, 3.05) is 11.0 Å². The lowest BCUT2D eigenvalue weighted by Crippen LogP contribution is -2.11. The Morgan fingerprint density at radius 2 is 1.54 bits per heavy atom.